The topological polar surface area (TPSA) is 176 Å². The predicted octanol–water partition coefficient (Wildman–Crippen LogP) is 10.0. The summed E-state index contributed by atoms with van der Waals surface area (Å²) in [4.78, 5) is 45.8. The third kappa shape index (κ3) is 12.2. The first-order chi connectivity index (χ1) is 35.9. The number of carbonyl (C=O) groups is 2. The van der Waals surface area contributed by atoms with Crippen molar-refractivity contribution in [2.75, 3.05) is 60.0 Å². The minimum atomic E-state index is -1.70. The molecule has 4 atom stereocenters. The monoisotopic (exact) mass is 1020 g/mol. The van der Waals surface area contributed by atoms with Crippen molar-refractivity contribution in [3.05, 3.63) is 178 Å². The van der Waals surface area contributed by atoms with Gasteiger partial charge in [-0.05, 0) is 96.6 Å². The van der Waals surface area contributed by atoms with E-state index in [0.29, 0.717) is 17.9 Å². The van der Waals surface area contributed by atoms with Gasteiger partial charge in [-0.25, -0.2) is 14.3 Å². The molecule has 1 aliphatic carbocycles. The lowest BCUT2D eigenvalue weighted by molar-refractivity contribution is -0.116. The molecule has 1 aromatic heterocycles. The Kier molecular flexibility index (Phi) is 17.9. The fraction of sp³-hybridized carbons (Fsp3) is 0.351. The molecule has 0 saturated carbocycles. The van der Waals surface area contributed by atoms with Gasteiger partial charge in [-0.1, -0.05) is 103 Å². The van der Waals surface area contributed by atoms with Gasteiger partial charge in [-0.3, -0.25) is 9.36 Å². The molecule has 386 valence electrons. The van der Waals surface area contributed by atoms with E-state index in [1.54, 1.807) is 27.3 Å². The number of rotatable bonds is 23. The Morgan fingerprint density at radius 1 is 0.838 bits per heavy atom. The van der Waals surface area contributed by atoms with Crippen LogP contribution in [0.1, 0.15) is 79.5 Å². The van der Waals surface area contributed by atoms with Gasteiger partial charge in [0.15, 0.2) is 0 Å². The van der Waals surface area contributed by atoms with Crippen molar-refractivity contribution in [2.45, 2.75) is 75.5 Å². The maximum atomic E-state index is 13.9. The highest BCUT2D eigenvalue weighted by molar-refractivity contribution is 7.44. The predicted molar refractivity (Wildman–Crippen MR) is 282 cm³/mol. The normalized spacial score (nSPS) is 16.6. The summed E-state index contributed by atoms with van der Waals surface area (Å²) in [6.45, 7) is 4.67. The van der Waals surface area contributed by atoms with E-state index >= 15 is 0 Å². The number of benzene rings is 5. The summed E-state index contributed by atoms with van der Waals surface area (Å²) >= 11 is 0. The maximum absolute atomic E-state index is 13.9. The summed E-state index contributed by atoms with van der Waals surface area (Å²) < 4.78 is 47.3. The number of anilines is 1. The lowest BCUT2D eigenvalue weighted by Crippen LogP contribution is -2.39. The molecule has 74 heavy (non-hydrogen) atoms. The number of amides is 2. The molecular weight excluding hydrogens is 960 g/mol. The fourth-order valence-corrected chi connectivity index (χ4v) is 10.7. The third-order valence-corrected chi connectivity index (χ3v) is 15.2. The largest absolute Gasteiger partial charge is 0.497 e. The van der Waals surface area contributed by atoms with E-state index in [1.807, 2.05) is 129 Å². The zero-order chi connectivity index (χ0) is 52.2. The average molecular weight is 1020 g/mol. The van der Waals surface area contributed by atoms with E-state index in [9.17, 15) is 19.6 Å². The molecule has 0 radical (unpaired) electrons. The highest BCUT2D eigenvalue weighted by Gasteiger charge is 2.45. The summed E-state index contributed by atoms with van der Waals surface area (Å²) in [5.74, 6) is 1.01. The van der Waals surface area contributed by atoms with Gasteiger partial charge in [0.25, 0.3) is 8.53 Å². The molecule has 1 fully saturated rings. The van der Waals surface area contributed by atoms with E-state index in [2.05, 4.69) is 40.6 Å². The van der Waals surface area contributed by atoms with Crippen LogP contribution >= 0.6 is 8.53 Å². The Balaban J connectivity index is 0.963. The summed E-state index contributed by atoms with van der Waals surface area (Å²) in [5, 5.41) is 12.1. The van der Waals surface area contributed by atoms with Crippen LogP contribution in [0.5, 0.6) is 11.5 Å². The number of fused-ring (bicyclic) bond motifs is 3. The van der Waals surface area contributed by atoms with Crippen molar-refractivity contribution in [3.63, 3.8) is 0 Å². The fourth-order valence-electron chi connectivity index (χ4n) is 9.26. The average Bonchev–Trinajstić information content (AvgIpc) is 3.98. The number of nitriles is 1. The Hall–Kier alpha value is -6.96. The molecule has 17 heteroatoms. The second-order valence-electron chi connectivity index (χ2n) is 18.4. The highest BCUT2D eigenvalue weighted by atomic mass is 31.2. The molecule has 1 N–H and O–H groups in total. The van der Waals surface area contributed by atoms with Gasteiger partial charge in [0.2, 0.25) is 5.91 Å². The first-order valence-corrected chi connectivity index (χ1v) is 25.9. The summed E-state index contributed by atoms with van der Waals surface area (Å²) in [6, 6.07) is 45.4. The van der Waals surface area contributed by atoms with Crippen LogP contribution in [-0.2, 0) is 33.7 Å². The summed E-state index contributed by atoms with van der Waals surface area (Å²) in [7, 11) is 5.08. The van der Waals surface area contributed by atoms with Crippen molar-refractivity contribution < 1.29 is 42.3 Å². The first-order valence-electron chi connectivity index (χ1n) is 24.7. The van der Waals surface area contributed by atoms with Gasteiger partial charge in [0, 0.05) is 44.6 Å². The van der Waals surface area contributed by atoms with Gasteiger partial charge >= 0.3 is 11.8 Å². The van der Waals surface area contributed by atoms with Crippen molar-refractivity contribution in [1.82, 2.24) is 19.1 Å². The number of hydrogen-bond acceptors (Lipinski definition) is 13. The zero-order valence-corrected chi connectivity index (χ0v) is 43.5. The number of nitrogens with zero attached hydrogens (tertiary/aromatic N) is 5. The molecule has 2 heterocycles. The number of aromatic nitrogens is 2. The number of methoxy groups -OCH3 is 2. The molecule has 5 aromatic carbocycles. The van der Waals surface area contributed by atoms with Crippen molar-refractivity contribution in [2.24, 2.45) is 0 Å². The van der Waals surface area contributed by atoms with Gasteiger partial charge < -0.3 is 42.9 Å². The Morgan fingerprint density at radius 3 is 2.01 bits per heavy atom. The first kappa shape index (κ1) is 53.3. The van der Waals surface area contributed by atoms with Crippen LogP contribution in [0.15, 0.2) is 144 Å². The number of ether oxygens (including phenoxy) is 5. The van der Waals surface area contributed by atoms with Crippen LogP contribution in [0.25, 0.3) is 11.1 Å². The van der Waals surface area contributed by atoms with Crippen LogP contribution in [0.2, 0.25) is 0 Å². The smallest absolute Gasteiger partial charge is 0.409 e. The zero-order valence-electron chi connectivity index (χ0n) is 42.6. The van der Waals surface area contributed by atoms with Crippen molar-refractivity contribution in [3.8, 4) is 28.7 Å². The van der Waals surface area contributed by atoms with E-state index < -0.39 is 44.3 Å². The van der Waals surface area contributed by atoms with E-state index in [4.69, 9.17) is 32.7 Å². The van der Waals surface area contributed by atoms with Gasteiger partial charge in [0.05, 0.1) is 46.0 Å². The highest BCUT2D eigenvalue weighted by Crippen LogP contribution is 2.49. The molecule has 8 rings (SSSR count). The minimum Gasteiger partial charge on any atom is -0.497 e. The molecule has 2 amide bonds. The maximum Gasteiger partial charge on any atom is 0.409 e. The number of nitrogens with one attached hydrogen (secondary N) is 1. The van der Waals surface area contributed by atoms with Crippen molar-refractivity contribution in [1.29, 1.82) is 5.26 Å². The van der Waals surface area contributed by atoms with Gasteiger partial charge in [-0.15, -0.1) is 0 Å². The van der Waals surface area contributed by atoms with E-state index in [0.717, 1.165) is 38.9 Å². The van der Waals surface area contributed by atoms with Crippen LogP contribution in [0.4, 0.5) is 10.6 Å². The SMILES string of the molecule is COc1ccc(C(OC[C@H]2O[C@@H](n3ccc(NC(=O)CCCN(C)C(=O)OCC4c5ccccc5-c5ccccc54)nc3=O)CC2OP(OCCC#N)N(C)C(C)C)(c2ccccc2)c2ccc(OC)cc2)cc1. The quantitative estimate of drug-likeness (QED) is 0.0365. The second-order valence-corrected chi connectivity index (χ2v) is 19.9. The second kappa shape index (κ2) is 24.8. The van der Waals surface area contributed by atoms with Crippen molar-refractivity contribution >= 4 is 26.3 Å². The lowest BCUT2D eigenvalue weighted by atomic mass is 9.80. The Morgan fingerprint density at radius 2 is 1.43 bits per heavy atom. The molecule has 0 spiro atoms. The summed E-state index contributed by atoms with van der Waals surface area (Å²) in [6.07, 6.45) is -0.384. The molecule has 6 aromatic rings. The van der Waals surface area contributed by atoms with Crippen LogP contribution in [-0.4, -0.2) is 104 Å². The standard InChI is InChI=1S/C57H63N6O10P/c1-39(2)62(4)74(71-35-15-32-58)73-50-36-54(72-51(50)38-70-57(40-16-8-7-9-17-40,41-23-27-43(67-5)28-24-41)42-25-29-44(68-6)30-26-42)63-34-31-52(60-55(63)65)59-53(64)22-14-33-61(3)56(66)69-37-49-47-20-12-10-18-45(47)46-19-11-13-21-48(46)49/h7-13,16-21,23-31,34,39,49-51,54H,14-15,22,33,35-38H2,1-6H3,(H,59,60,64,65)/t50?,51-,54-,74?/m1/s1. The lowest BCUT2D eigenvalue weighted by Gasteiger charge is -2.37. The van der Waals surface area contributed by atoms with Crippen LogP contribution in [0, 0.1) is 11.3 Å². The Labute approximate surface area is 433 Å². The molecule has 16 nitrogen and oxygen atoms in total. The van der Waals surface area contributed by atoms with Crippen LogP contribution in [0.3, 0.4) is 0 Å². The van der Waals surface area contributed by atoms with E-state index in [-0.39, 0.29) is 69.3 Å². The number of carbonyl (C=O) groups excluding carboxylic acids is 2. The molecule has 2 unspecified atom stereocenters. The minimum absolute atomic E-state index is 0.00626. The van der Waals surface area contributed by atoms with Gasteiger partial charge in [-0.2, -0.15) is 10.2 Å². The third-order valence-electron chi connectivity index (χ3n) is 13.4. The molecule has 1 aliphatic heterocycles. The van der Waals surface area contributed by atoms with E-state index in [1.165, 1.54) is 15.7 Å². The molecule has 2 aliphatic rings. The molecular formula is C57H63N6O10P. The van der Waals surface area contributed by atoms with Crippen LogP contribution < -0.4 is 20.5 Å². The number of hydrogen-bond donors (Lipinski definition) is 1. The molecule has 0 bridgehead atoms. The molecule has 1 saturated heterocycles. The summed E-state index contributed by atoms with van der Waals surface area (Å²) in [5.41, 5.74) is 5.22. The Bertz CT molecular complexity index is 2840. The van der Waals surface area contributed by atoms with Gasteiger partial charge in [0.1, 0.15) is 41.9 Å².